The summed E-state index contributed by atoms with van der Waals surface area (Å²) >= 11 is 0. The van der Waals surface area contributed by atoms with Crippen LogP contribution in [0.15, 0.2) is 36.4 Å². The molecular formula is C21H16N2O5. The summed E-state index contributed by atoms with van der Waals surface area (Å²) in [5, 5.41) is 0. The minimum atomic E-state index is -0.425. The topological polar surface area (TPSA) is 91.8 Å². The summed E-state index contributed by atoms with van der Waals surface area (Å²) in [6, 6.07) is 8.74. The molecule has 0 unspecified atom stereocenters. The van der Waals surface area contributed by atoms with Gasteiger partial charge in [-0.15, -0.1) is 0 Å². The van der Waals surface area contributed by atoms with Crippen LogP contribution in [0.5, 0.6) is 0 Å². The molecule has 0 bridgehead atoms. The Hall–Kier alpha value is -3.61. The second kappa shape index (κ2) is 6.23. The number of hydrogen-bond acceptors (Lipinski definition) is 5. The summed E-state index contributed by atoms with van der Waals surface area (Å²) in [5.74, 6) is -1.99. The summed E-state index contributed by atoms with van der Waals surface area (Å²) in [6.07, 6.45) is 0. The number of carbonyl (C=O) groups excluding carboxylic acids is 5. The van der Waals surface area contributed by atoms with Crippen molar-refractivity contribution in [2.45, 2.75) is 13.8 Å². The highest BCUT2D eigenvalue weighted by Crippen LogP contribution is 2.27. The minimum absolute atomic E-state index is 0.197. The first-order chi connectivity index (χ1) is 13.4. The molecule has 4 rings (SSSR count). The van der Waals surface area contributed by atoms with E-state index in [1.54, 1.807) is 13.8 Å². The van der Waals surface area contributed by atoms with Gasteiger partial charge in [0.05, 0.1) is 22.3 Å². The summed E-state index contributed by atoms with van der Waals surface area (Å²) in [4.78, 5) is 64.2. The van der Waals surface area contributed by atoms with Crippen LogP contribution < -0.4 is 0 Å². The number of fused-ring (bicyclic) bond motifs is 2. The fourth-order valence-corrected chi connectivity index (χ4v) is 3.60. The van der Waals surface area contributed by atoms with Gasteiger partial charge >= 0.3 is 0 Å². The van der Waals surface area contributed by atoms with Gasteiger partial charge in [-0.05, 0) is 38.1 Å². The Morgan fingerprint density at radius 2 is 1.00 bits per heavy atom. The Kier molecular flexibility index (Phi) is 3.96. The number of carbonyl (C=O) groups is 5. The van der Waals surface area contributed by atoms with Crippen LogP contribution in [-0.2, 0) is 0 Å². The molecule has 0 fully saturated rings. The third-order valence-electron chi connectivity index (χ3n) is 5.10. The number of amides is 4. The molecule has 2 heterocycles. The van der Waals surface area contributed by atoms with Gasteiger partial charge in [-0.1, -0.05) is 12.1 Å². The van der Waals surface area contributed by atoms with Crippen LogP contribution in [0.25, 0.3) is 0 Å². The monoisotopic (exact) mass is 376 g/mol. The first-order valence-corrected chi connectivity index (χ1v) is 8.94. The van der Waals surface area contributed by atoms with Crippen LogP contribution in [0.3, 0.4) is 0 Å². The molecule has 0 aromatic heterocycles. The van der Waals surface area contributed by atoms with Crippen LogP contribution in [0.2, 0.25) is 0 Å². The quantitative estimate of drug-likeness (QED) is 0.602. The summed E-state index contributed by atoms with van der Waals surface area (Å²) in [6.45, 7) is 3.92. The molecule has 28 heavy (non-hydrogen) atoms. The Labute approximate surface area is 160 Å². The van der Waals surface area contributed by atoms with E-state index in [1.165, 1.54) is 36.4 Å². The number of nitrogens with zero attached hydrogens (tertiary/aromatic N) is 2. The van der Waals surface area contributed by atoms with Crippen LogP contribution in [-0.4, -0.2) is 52.3 Å². The predicted molar refractivity (Wildman–Crippen MR) is 98.4 cm³/mol. The first-order valence-electron chi connectivity index (χ1n) is 8.94. The van der Waals surface area contributed by atoms with Gasteiger partial charge in [0.2, 0.25) is 0 Å². The van der Waals surface area contributed by atoms with Crippen molar-refractivity contribution in [3.63, 3.8) is 0 Å². The number of rotatable bonds is 4. The lowest BCUT2D eigenvalue weighted by Crippen LogP contribution is -2.29. The molecule has 2 aliphatic rings. The molecular weight excluding hydrogens is 360 g/mol. The minimum Gasteiger partial charge on any atom is -0.289 e. The molecule has 0 N–H and O–H groups in total. The van der Waals surface area contributed by atoms with E-state index in [1.807, 2.05) is 0 Å². The Morgan fingerprint density at radius 3 is 1.36 bits per heavy atom. The Balaban J connectivity index is 1.72. The van der Waals surface area contributed by atoms with E-state index in [9.17, 15) is 24.0 Å². The predicted octanol–water partition coefficient (Wildman–Crippen LogP) is 2.15. The van der Waals surface area contributed by atoms with Crippen molar-refractivity contribution >= 4 is 29.4 Å². The fourth-order valence-electron chi connectivity index (χ4n) is 3.60. The van der Waals surface area contributed by atoms with Crippen LogP contribution in [0.4, 0.5) is 0 Å². The summed E-state index contributed by atoms with van der Waals surface area (Å²) in [5.41, 5.74) is 1.42. The molecule has 0 aliphatic carbocycles. The highest BCUT2D eigenvalue weighted by atomic mass is 16.2. The van der Waals surface area contributed by atoms with Crippen molar-refractivity contribution in [2.24, 2.45) is 0 Å². The van der Waals surface area contributed by atoms with Gasteiger partial charge in [-0.3, -0.25) is 33.8 Å². The standard InChI is InChI=1S/C21H16N2O5/c1-3-22-18(25)13-7-5-11(9-15(13)20(22)27)17(24)12-6-8-14-16(10-12)21(28)23(4-2)19(14)26/h5-10H,3-4H2,1-2H3. The van der Waals surface area contributed by atoms with E-state index in [-0.39, 0.29) is 58.3 Å². The number of benzene rings is 2. The van der Waals surface area contributed by atoms with Crippen molar-refractivity contribution < 1.29 is 24.0 Å². The maximum atomic E-state index is 12.9. The van der Waals surface area contributed by atoms with Crippen LogP contribution in [0, 0.1) is 0 Å². The van der Waals surface area contributed by atoms with E-state index in [0.717, 1.165) is 9.80 Å². The number of hydrogen-bond donors (Lipinski definition) is 0. The van der Waals surface area contributed by atoms with Gasteiger partial charge in [0.25, 0.3) is 23.6 Å². The lowest BCUT2D eigenvalue weighted by Gasteiger charge is -2.08. The molecule has 0 spiro atoms. The zero-order chi connectivity index (χ0) is 20.2. The third kappa shape index (κ3) is 2.32. The Bertz CT molecular complexity index is 1020. The fraction of sp³-hybridized carbons (Fsp3) is 0.190. The zero-order valence-electron chi connectivity index (χ0n) is 15.3. The van der Waals surface area contributed by atoms with Gasteiger partial charge in [0, 0.05) is 24.2 Å². The van der Waals surface area contributed by atoms with Crippen molar-refractivity contribution in [3.05, 3.63) is 69.8 Å². The number of ketones is 1. The molecule has 4 amide bonds. The van der Waals surface area contributed by atoms with Crippen LogP contribution >= 0.6 is 0 Å². The summed E-state index contributed by atoms with van der Waals surface area (Å²) in [7, 11) is 0. The average Bonchev–Trinajstić information content (AvgIpc) is 3.10. The van der Waals surface area contributed by atoms with Crippen LogP contribution in [0.1, 0.15) is 71.2 Å². The van der Waals surface area contributed by atoms with Crippen molar-refractivity contribution in [1.29, 1.82) is 0 Å². The van der Waals surface area contributed by atoms with E-state index in [0.29, 0.717) is 0 Å². The van der Waals surface area contributed by atoms with Crippen molar-refractivity contribution in [1.82, 2.24) is 9.80 Å². The lowest BCUT2D eigenvalue weighted by atomic mass is 9.96. The molecule has 0 saturated carbocycles. The molecule has 0 atom stereocenters. The lowest BCUT2D eigenvalue weighted by molar-refractivity contribution is 0.0647. The van der Waals surface area contributed by atoms with Crippen molar-refractivity contribution in [3.8, 4) is 0 Å². The smallest absolute Gasteiger partial charge is 0.261 e. The Morgan fingerprint density at radius 1 is 0.643 bits per heavy atom. The normalized spacial score (nSPS) is 15.4. The van der Waals surface area contributed by atoms with E-state index in [2.05, 4.69) is 0 Å². The molecule has 0 saturated heterocycles. The maximum Gasteiger partial charge on any atom is 0.261 e. The van der Waals surface area contributed by atoms with Gasteiger partial charge < -0.3 is 0 Å². The van der Waals surface area contributed by atoms with Crippen molar-refractivity contribution in [2.75, 3.05) is 13.1 Å². The molecule has 2 aromatic carbocycles. The highest BCUT2D eigenvalue weighted by molar-refractivity contribution is 6.24. The largest absolute Gasteiger partial charge is 0.289 e. The van der Waals surface area contributed by atoms with Gasteiger partial charge in [0.1, 0.15) is 0 Å². The molecule has 2 aliphatic heterocycles. The van der Waals surface area contributed by atoms with Gasteiger partial charge in [0.15, 0.2) is 5.78 Å². The second-order valence-corrected chi connectivity index (χ2v) is 6.56. The van der Waals surface area contributed by atoms with Gasteiger partial charge in [-0.25, -0.2) is 0 Å². The van der Waals surface area contributed by atoms with E-state index < -0.39 is 17.6 Å². The molecule has 2 aromatic rings. The third-order valence-corrected chi connectivity index (χ3v) is 5.10. The highest BCUT2D eigenvalue weighted by Gasteiger charge is 2.36. The molecule has 7 nitrogen and oxygen atoms in total. The second-order valence-electron chi connectivity index (χ2n) is 6.56. The molecule has 140 valence electrons. The summed E-state index contributed by atoms with van der Waals surface area (Å²) < 4.78 is 0. The first kappa shape index (κ1) is 17.8. The van der Waals surface area contributed by atoms with E-state index in [4.69, 9.17) is 0 Å². The van der Waals surface area contributed by atoms with E-state index >= 15 is 0 Å². The SMILES string of the molecule is CCN1C(=O)c2ccc(C(=O)c3ccc4c(c3)C(=O)N(CC)C4=O)cc2C1=O. The maximum absolute atomic E-state index is 12.9. The zero-order valence-corrected chi connectivity index (χ0v) is 15.3. The molecule has 7 heteroatoms. The molecule has 0 radical (unpaired) electrons. The number of imide groups is 2. The average molecular weight is 376 g/mol. The van der Waals surface area contributed by atoms with Gasteiger partial charge in [-0.2, -0.15) is 0 Å².